The molecule has 0 saturated heterocycles. The molecular weight excluding hydrogens is 276 g/mol. The van der Waals surface area contributed by atoms with Crippen molar-refractivity contribution in [1.29, 1.82) is 0 Å². The zero-order valence-corrected chi connectivity index (χ0v) is 12.1. The normalized spacial score (nSPS) is 12.5. The first kappa shape index (κ1) is 16.6. The number of carbonyl (C=O) groups is 2. The van der Waals surface area contributed by atoms with Crippen molar-refractivity contribution < 1.29 is 19.6 Å². The van der Waals surface area contributed by atoms with Gasteiger partial charge in [-0.05, 0) is 11.0 Å². The quantitative estimate of drug-likeness (QED) is 0.635. The van der Waals surface area contributed by atoms with Gasteiger partial charge in [-0.2, -0.15) is 0 Å². The molecule has 0 aliphatic carbocycles. The lowest BCUT2D eigenvalue weighted by atomic mass is 9.86. The Hall–Kier alpha value is -2.44. The molecule has 7 heteroatoms. The molecule has 0 heterocycles. The Kier molecular flexibility index (Phi) is 5.02. The Morgan fingerprint density at radius 3 is 2.19 bits per heavy atom. The highest BCUT2D eigenvalue weighted by atomic mass is 16.6. The Morgan fingerprint density at radius 1 is 1.29 bits per heavy atom. The molecule has 1 aromatic rings. The summed E-state index contributed by atoms with van der Waals surface area (Å²) in [5.41, 5.74) is -0.0924. The number of non-ortho nitro benzene ring substituents is 1. The van der Waals surface area contributed by atoms with Gasteiger partial charge in [0.2, 0.25) is 5.91 Å². The summed E-state index contributed by atoms with van der Waals surface area (Å²) in [6.07, 6.45) is -0.0299. The Morgan fingerprint density at radius 2 is 1.81 bits per heavy atom. The highest BCUT2D eigenvalue weighted by Crippen LogP contribution is 2.19. The van der Waals surface area contributed by atoms with Crippen molar-refractivity contribution in [2.24, 2.45) is 5.41 Å². The minimum Gasteiger partial charge on any atom is -0.480 e. The van der Waals surface area contributed by atoms with Gasteiger partial charge >= 0.3 is 5.97 Å². The predicted octanol–water partition coefficient (Wildman–Crippen LogP) is 1.75. The van der Waals surface area contributed by atoms with E-state index in [4.69, 9.17) is 5.11 Å². The monoisotopic (exact) mass is 294 g/mol. The molecule has 0 fully saturated rings. The van der Waals surface area contributed by atoms with Crippen LogP contribution in [0, 0.1) is 15.5 Å². The van der Waals surface area contributed by atoms with Crippen LogP contribution in [0.5, 0.6) is 0 Å². The number of hydrogen-bond acceptors (Lipinski definition) is 4. The Bertz CT molecular complexity index is 545. The zero-order valence-electron chi connectivity index (χ0n) is 12.1. The second kappa shape index (κ2) is 6.34. The molecule has 0 aliphatic heterocycles. The van der Waals surface area contributed by atoms with Crippen LogP contribution in [0.2, 0.25) is 0 Å². The fourth-order valence-electron chi connectivity index (χ4n) is 1.78. The van der Waals surface area contributed by atoms with Crippen LogP contribution in [0.4, 0.5) is 5.69 Å². The van der Waals surface area contributed by atoms with E-state index < -0.39 is 28.3 Å². The summed E-state index contributed by atoms with van der Waals surface area (Å²) in [5, 5.41) is 22.1. The number of carbonyl (C=O) groups excluding carboxylic acids is 1. The second-order valence-corrected chi connectivity index (χ2v) is 5.81. The van der Waals surface area contributed by atoms with Gasteiger partial charge < -0.3 is 10.4 Å². The van der Waals surface area contributed by atoms with Crippen molar-refractivity contribution in [1.82, 2.24) is 5.32 Å². The number of benzene rings is 1. The molecule has 1 rings (SSSR count). The van der Waals surface area contributed by atoms with E-state index in [1.807, 2.05) is 0 Å². The lowest BCUT2D eigenvalue weighted by Crippen LogP contribution is -2.49. The van der Waals surface area contributed by atoms with Crippen molar-refractivity contribution in [2.75, 3.05) is 0 Å². The van der Waals surface area contributed by atoms with Crippen LogP contribution in [0.1, 0.15) is 26.3 Å². The molecule has 2 N–H and O–H groups in total. The molecule has 0 unspecified atom stereocenters. The largest absolute Gasteiger partial charge is 0.480 e. The highest BCUT2D eigenvalue weighted by Gasteiger charge is 2.32. The Labute approximate surface area is 122 Å². The third-order valence-electron chi connectivity index (χ3n) is 2.93. The highest BCUT2D eigenvalue weighted by molar-refractivity contribution is 5.85. The zero-order chi connectivity index (χ0) is 16.2. The van der Waals surface area contributed by atoms with Crippen LogP contribution in [0.3, 0.4) is 0 Å². The van der Waals surface area contributed by atoms with Gasteiger partial charge in [0.15, 0.2) is 0 Å². The molecule has 1 atom stereocenters. The van der Waals surface area contributed by atoms with Gasteiger partial charge in [0, 0.05) is 12.1 Å². The molecule has 0 aliphatic rings. The van der Waals surface area contributed by atoms with Crippen LogP contribution < -0.4 is 5.32 Å². The van der Waals surface area contributed by atoms with E-state index in [1.54, 1.807) is 20.8 Å². The molecule has 0 saturated carbocycles. The number of hydrogen-bond donors (Lipinski definition) is 2. The maximum atomic E-state index is 11.9. The summed E-state index contributed by atoms with van der Waals surface area (Å²) in [6, 6.07) is 4.57. The third-order valence-corrected chi connectivity index (χ3v) is 2.93. The average molecular weight is 294 g/mol. The van der Waals surface area contributed by atoms with E-state index in [-0.39, 0.29) is 12.1 Å². The summed E-state index contributed by atoms with van der Waals surface area (Å²) in [5.74, 6) is -1.54. The van der Waals surface area contributed by atoms with Crippen LogP contribution in [-0.4, -0.2) is 27.9 Å². The maximum absolute atomic E-state index is 11.9. The van der Waals surface area contributed by atoms with Crippen LogP contribution >= 0.6 is 0 Å². The second-order valence-electron chi connectivity index (χ2n) is 5.81. The SMILES string of the molecule is CC(C)(C)[C@H](NC(=O)Cc1ccc([N+](=O)[O-])cc1)C(=O)O. The molecule has 114 valence electrons. The van der Waals surface area contributed by atoms with Crippen LogP contribution in [0.15, 0.2) is 24.3 Å². The number of carboxylic acids is 1. The topological polar surface area (TPSA) is 110 Å². The van der Waals surface area contributed by atoms with E-state index in [9.17, 15) is 19.7 Å². The molecular formula is C14H18N2O5. The fourth-order valence-corrected chi connectivity index (χ4v) is 1.78. The minimum absolute atomic E-state index is 0.0299. The van der Waals surface area contributed by atoms with E-state index in [0.29, 0.717) is 5.56 Å². The van der Waals surface area contributed by atoms with Crippen molar-refractivity contribution in [3.63, 3.8) is 0 Å². The van der Waals surface area contributed by atoms with Gasteiger partial charge in [-0.25, -0.2) is 4.79 Å². The summed E-state index contributed by atoms with van der Waals surface area (Å²) >= 11 is 0. The first-order valence-corrected chi connectivity index (χ1v) is 6.37. The fraction of sp³-hybridized carbons (Fsp3) is 0.429. The van der Waals surface area contributed by atoms with E-state index >= 15 is 0 Å². The Balaban J connectivity index is 2.72. The lowest BCUT2D eigenvalue weighted by molar-refractivity contribution is -0.384. The smallest absolute Gasteiger partial charge is 0.326 e. The van der Waals surface area contributed by atoms with Gasteiger partial charge in [-0.15, -0.1) is 0 Å². The molecule has 7 nitrogen and oxygen atoms in total. The molecule has 1 aromatic carbocycles. The summed E-state index contributed by atoms with van der Waals surface area (Å²) in [7, 11) is 0. The number of carboxylic acid groups (broad SMARTS) is 1. The minimum atomic E-state index is -1.10. The van der Waals surface area contributed by atoms with Crippen molar-refractivity contribution in [3.05, 3.63) is 39.9 Å². The number of rotatable bonds is 5. The van der Waals surface area contributed by atoms with Gasteiger partial charge in [-0.3, -0.25) is 14.9 Å². The van der Waals surface area contributed by atoms with Gasteiger partial charge in [0.05, 0.1) is 11.3 Å². The first-order valence-electron chi connectivity index (χ1n) is 6.37. The van der Waals surface area contributed by atoms with Crippen molar-refractivity contribution in [2.45, 2.75) is 33.2 Å². The molecule has 21 heavy (non-hydrogen) atoms. The number of aliphatic carboxylic acids is 1. The summed E-state index contributed by atoms with van der Waals surface area (Å²) in [6.45, 7) is 5.16. The molecule has 0 bridgehead atoms. The number of nitro groups is 1. The van der Waals surface area contributed by atoms with Gasteiger partial charge in [-0.1, -0.05) is 32.9 Å². The molecule has 1 amide bonds. The van der Waals surface area contributed by atoms with E-state index in [0.717, 1.165) is 0 Å². The number of nitrogens with one attached hydrogen (secondary N) is 1. The average Bonchev–Trinajstić information content (AvgIpc) is 2.35. The van der Waals surface area contributed by atoms with Crippen molar-refractivity contribution >= 4 is 17.6 Å². The number of amides is 1. The maximum Gasteiger partial charge on any atom is 0.326 e. The van der Waals surface area contributed by atoms with E-state index in [2.05, 4.69) is 5.32 Å². The molecule has 0 radical (unpaired) electrons. The number of nitro benzene ring substituents is 1. The van der Waals surface area contributed by atoms with Gasteiger partial charge in [0.1, 0.15) is 6.04 Å². The summed E-state index contributed by atoms with van der Waals surface area (Å²) < 4.78 is 0. The standard InChI is InChI=1S/C14H18N2O5/c1-14(2,3)12(13(18)19)15-11(17)8-9-4-6-10(7-5-9)16(20)21/h4-7,12H,8H2,1-3H3,(H,15,17)(H,18,19)/t12-/m1/s1. The molecule has 0 aromatic heterocycles. The first-order chi connectivity index (χ1) is 9.61. The third kappa shape index (κ3) is 4.87. The predicted molar refractivity (Wildman–Crippen MR) is 75.8 cm³/mol. The lowest BCUT2D eigenvalue weighted by Gasteiger charge is -2.27. The molecule has 0 spiro atoms. The van der Waals surface area contributed by atoms with Crippen LogP contribution in [0.25, 0.3) is 0 Å². The van der Waals surface area contributed by atoms with Crippen molar-refractivity contribution in [3.8, 4) is 0 Å². The summed E-state index contributed by atoms with van der Waals surface area (Å²) in [4.78, 5) is 33.1. The number of nitrogens with zero attached hydrogens (tertiary/aromatic N) is 1. The van der Waals surface area contributed by atoms with Crippen LogP contribution in [-0.2, 0) is 16.0 Å². The van der Waals surface area contributed by atoms with E-state index in [1.165, 1.54) is 24.3 Å². The van der Waals surface area contributed by atoms with Gasteiger partial charge in [0.25, 0.3) is 5.69 Å².